The van der Waals surface area contributed by atoms with E-state index in [0.29, 0.717) is 5.75 Å². The third-order valence-electron chi connectivity index (χ3n) is 3.26. The maximum atomic E-state index is 12.1. The Morgan fingerprint density at radius 3 is 2.94 bits per heavy atom. The van der Waals surface area contributed by atoms with E-state index in [1.807, 2.05) is 17.5 Å². The summed E-state index contributed by atoms with van der Waals surface area (Å²) in [4.78, 5) is 12.1. The summed E-state index contributed by atoms with van der Waals surface area (Å²) in [5.41, 5.74) is 3.68. The minimum absolute atomic E-state index is 0.239. The van der Waals surface area contributed by atoms with Crippen molar-refractivity contribution >= 4 is 28.9 Å². The average molecular weight is 274 g/mol. The third kappa shape index (κ3) is 2.52. The molecule has 1 heterocycles. The SMILES string of the molecule is O=C(CSc1cccs1)c1ccc2c(c1)CCC2. The van der Waals surface area contributed by atoms with Gasteiger partial charge in [-0.15, -0.1) is 23.1 Å². The summed E-state index contributed by atoms with van der Waals surface area (Å²) in [6.45, 7) is 0. The van der Waals surface area contributed by atoms with E-state index in [0.717, 1.165) is 12.0 Å². The number of ketones is 1. The van der Waals surface area contributed by atoms with E-state index < -0.39 is 0 Å². The Hall–Kier alpha value is -1.06. The molecule has 3 rings (SSSR count). The number of thiophene rings is 1. The average Bonchev–Trinajstić information content (AvgIpc) is 3.05. The Bertz CT molecular complexity index is 558. The van der Waals surface area contributed by atoms with E-state index in [4.69, 9.17) is 0 Å². The lowest BCUT2D eigenvalue weighted by Gasteiger charge is -2.03. The number of Topliss-reactive ketones (excluding diaryl/α,β-unsaturated/α-hetero) is 1. The van der Waals surface area contributed by atoms with Gasteiger partial charge in [-0.05, 0) is 47.9 Å². The van der Waals surface area contributed by atoms with Gasteiger partial charge >= 0.3 is 0 Å². The highest BCUT2D eigenvalue weighted by Crippen LogP contribution is 2.26. The zero-order valence-electron chi connectivity index (χ0n) is 10.0. The van der Waals surface area contributed by atoms with Crippen LogP contribution in [0.2, 0.25) is 0 Å². The summed E-state index contributed by atoms with van der Waals surface area (Å²) in [5.74, 6) is 0.780. The molecule has 0 atom stereocenters. The molecular formula is C15H14OS2. The van der Waals surface area contributed by atoms with E-state index >= 15 is 0 Å². The maximum Gasteiger partial charge on any atom is 0.173 e. The number of hydrogen-bond acceptors (Lipinski definition) is 3. The van der Waals surface area contributed by atoms with Crippen LogP contribution in [-0.2, 0) is 12.8 Å². The van der Waals surface area contributed by atoms with Crippen LogP contribution in [0.1, 0.15) is 27.9 Å². The number of hydrogen-bond donors (Lipinski definition) is 0. The molecule has 92 valence electrons. The minimum Gasteiger partial charge on any atom is -0.293 e. The van der Waals surface area contributed by atoms with Crippen LogP contribution in [-0.4, -0.2) is 11.5 Å². The van der Waals surface area contributed by atoms with Gasteiger partial charge in [-0.1, -0.05) is 18.2 Å². The third-order valence-corrected chi connectivity index (χ3v) is 5.39. The number of fused-ring (bicyclic) bond motifs is 1. The van der Waals surface area contributed by atoms with Crippen molar-refractivity contribution in [3.8, 4) is 0 Å². The standard InChI is InChI=1S/C15H14OS2/c16-14(10-18-15-5-2-8-17-15)13-7-6-11-3-1-4-12(11)9-13/h2,5-9H,1,3-4,10H2. The summed E-state index contributed by atoms with van der Waals surface area (Å²) < 4.78 is 1.21. The van der Waals surface area contributed by atoms with E-state index in [-0.39, 0.29) is 5.78 Å². The molecule has 0 saturated carbocycles. The number of carbonyl (C=O) groups is 1. The second-order valence-corrected chi connectivity index (χ2v) is 6.70. The van der Waals surface area contributed by atoms with Gasteiger partial charge in [0, 0.05) is 5.56 Å². The van der Waals surface area contributed by atoms with Crippen LogP contribution in [0.5, 0.6) is 0 Å². The Kier molecular flexibility index (Phi) is 3.52. The molecule has 0 aliphatic heterocycles. The number of aryl methyl sites for hydroxylation is 2. The van der Waals surface area contributed by atoms with Gasteiger partial charge in [-0.3, -0.25) is 4.79 Å². The second-order valence-electron chi connectivity index (χ2n) is 4.48. The quantitative estimate of drug-likeness (QED) is 0.613. The molecule has 1 aliphatic rings. The summed E-state index contributed by atoms with van der Waals surface area (Å²) >= 11 is 3.32. The van der Waals surface area contributed by atoms with Gasteiger partial charge < -0.3 is 0 Å². The molecule has 0 unspecified atom stereocenters. The fraction of sp³-hybridized carbons (Fsp3) is 0.267. The zero-order chi connectivity index (χ0) is 12.4. The summed E-state index contributed by atoms with van der Waals surface area (Å²) in [5, 5.41) is 2.04. The van der Waals surface area contributed by atoms with Crippen molar-refractivity contribution in [1.82, 2.24) is 0 Å². The molecule has 2 aromatic rings. The fourth-order valence-corrected chi connectivity index (χ4v) is 3.99. The molecule has 18 heavy (non-hydrogen) atoms. The Morgan fingerprint density at radius 1 is 1.22 bits per heavy atom. The van der Waals surface area contributed by atoms with Crippen molar-refractivity contribution in [1.29, 1.82) is 0 Å². The number of rotatable bonds is 4. The Labute approximate surface area is 115 Å². The van der Waals surface area contributed by atoms with Crippen LogP contribution in [0.3, 0.4) is 0 Å². The lowest BCUT2D eigenvalue weighted by atomic mass is 10.0. The minimum atomic E-state index is 0.239. The molecule has 0 fully saturated rings. The van der Waals surface area contributed by atoms with Gasteiger partial charge in [-0.25, -0.2) is 0 Å². The lowest BCUT2D eigenvalue weighted by Crippen LogP contribution is -2.03. The molecule has 0 saturated heterocycles. The molecule has 1 nitrogen and oxygen atoms in total. The van der Waals surface area contributed by atoms with Crippen molar-refractivity contribution in [3.63, 3.8) is 0 Å². The predicted molar refractivity (Wildman–Crippen MR) is 77.8 cm³/mol. The van der Waals surface area contributed by atoms with E-state index in [1.54, 1.807) is 23.1 Å². The molecule has 0 N–H and O–H groups in total. The van der Waals surface area contributed by atoms with Gasteiger partial charge in [0.25, 0.3) is 0 Å². The first kappa shape index (κ1) is 12.0. The Balaban J connectivity index is 1.69. The molecule has 1 aromatic heterocycles. The highest BCUT2D eigenvalue weighted by atomic mass is 32.2. The lowest BCUT2D eigenvalue weighted by molar-refractivity contribution is 0.102. The highest BCUT2D eigenvalue weighted by Gasteiger charge is 2.14. The monoisotopic (exact) mass is 274 g/mol. The summed E-state index contributed by atoms with van der Waals surface area (Å²) in [7, 11) is 0. The summed E-state index contributed by atoms with van der Waals surface area (Å²) in [6.07, 6.45) is 3.54. The van der Waals surface area contributed by atoms with E-state index in [9.17, 15) is 4.79 Å². The number of benzene rings is 1. The first-order chi connectivity index (χ1) is 8.83. The summed E-state index contributed by atoms with van der Waals surface area (Å²) in [6, 6.07) is 10.3. The molecule has 1 aliphatic carbocycles. The predicted octanol–water partition coefficient (Wildman–Crippen LogP) is 4.21. The van der Waals surface area contributed by atoms with Gasteiger partial charge in [0.05, 0.1) is 9.96 Å². The van der Waals surface area contributed by atoms with Gasteiger partial charge in [-0.2, -0.15) is 0 Å². The Morgan fingerprint density at radius 2 is 2.11 bits per heavy atom. The van der Waals surface area contributed by atoms with Crippen LogP contribution < -0.4 is 0 Å². The molecule has 0 amide bonds. The van der Waals surface area contributed by atoms with Crippen molar-refractivity contribution in [3.05, 3.63) is 52.4 Å². The number of carbonyl (C=O) groups excluding carboxylic acids is 1. The van der Waals surface area contributed by atoms with Crippen molar-refractivity contribution in [2.45, 2.75) is 23.5 Å². The van der Waals surface area contributed by atoms with Gasteiger partial charge in [0.1, 0.15) is 0 Å². The maximum absolute atomic E-state index is 12.1. The topological polar surface area (TPSA) is 17.1 Å². The first-order valence-corrected chi connectivity index (χ1v) is 8.01. The molecule has 0 radical (unpaired) electrons. The van der Waals surface area contributed by atoms with Gasteiger partial charge in [0.15, 0.2) is 5.78 Å². The molecule has 0 spiro atoms. The molecule has 0 bridgehead atoms. The van der Waals surface area contributed by atoms with E-state index in [2.05, 4.69) is 18.2 Å². The number of thioether (sulfide) groups is 1. The van der Waals surface area contributed by atoms with Crippen LogP contribution in [0.25, 0.3) is 0 Å². The first-order valence-electron chi connectivity index (χ1n) is 6.14. The largest absolute Gasteiger partial charge is 0.293 e. The van der Waals surface area contributed by atoms with Crippen molar-refractivity contribution in [2.24, 2.45) is 0 Å². The smallest absolute Gasteiger partial charge is 0.173 e. The van der Waals surface area contributed by atoms with Crippen molar-refractivity contribution in [2.75, 3.05) is 5.75 Å². The zero-order valence-corrected chi connectivity index (χ0v) is 11.7. The normalized spacial score (nSPS) is 13.6. The van der Waals surface area contributed by atoms with Crippen LogP contribution in [0.4, 0.5) is 0 Å². The van der Waals surface area contributed by atoms with Crippen molar-refractivity contribution < 1.29 is 4.79 Å². The highest BCUT2D eigenvalue weighted by molar-refractivity contribution is 8.01. The molecular weight excluding hydrogens is 260 g/mol. The fourth-order valence-electron chi connectivity index (χ4n) is 2.31. The second kappa shape index (κ2) is 5.29. The molecule has 1 aromatic carbocycles. The van der Waals surface area contributed by atoms with Gasteiger partial charge in [0.2, 0.25) is 0 Å². The van der Waals surface area contributed by atoms with Crippen LogP contribution in [0.15, 0.2) is 39.9 Å². The van der Waals surface area contributed by atoms with Crippen LogP contribution >= 0.6 is 23.1 Å². The van der Waals surface area contributed by atoms with E-state index in [1.165, 1.54) is 28.2 Å². The van der Waals surface area contributed by atoms with Crippen LogP contribution in [0, 0.1) is 0 Å². The molecule has 3 heteroatoms.